The highest BCUT2D eigenvalue weighted by molar-refractivity contribution is 5.79. The average Bonchev–Trinajstić information content (AvgIpc) is 2.45. The van der Waals surface area contributed by atoms with Crippen LogP contribution < -0.4 is 10.5 Å². The van der Waals surface area contributed by atoms with Crippen molar-refractivity contribution < 1.29 is 14.3 Å². The molecule has 0 fully saturated rings. The third-order valence-electron chi connectivity index (χ3n) is 3.09. The Hall–Kier alpha value is -1.82. The van der Waals surface area contributed by atoms with Gasteiger partial charge in [0.2, 0.25) is 0 Å². The molecule has 0 amide bonds. The van der Waals surface area contributed by atoms with Crippen LogP contribution in [0.25, 0.3) is 0 Å². The maximum atomic E-state index is 14.2. The van der Waals surface area contributed by atoms with Gasteiger partial charge in [-0.3, -0.25) is 4.90 Å². The predicted molar refractivity (Wildman–Crippen MR) is 81.1 cm³/mol. The van der Waals surface area contributed by atoms with Gasteiger partial charge in [0.05, 0.1) is 7.11 Å². The molecule has 0 unspecified atom stereocenters. The number of rotatable bonds is 8. The minimum absolute atomic E-state index is 0.176. The quantitative estimate of drug-likeness (QED) is 0.334. The van der Waals surface area contributed by atoms with Crippen LogP contribution in [0.1, 0.15) is 25.8 Å². The molecule has 1 rings (SSSR count). The molecule has 0 spiro atoms. The monoisotopic (exact) mass is 297 g/mol. The fourth-order valence-corrected chi connectivity index (χ4v) is 2.15. The van der Waals surface area contributed by atoms with E-state index >= 15 is 0 Å². The molecule has 0 atom stereocenters. The number of nitrogens with two attached hydrogens (primary N) is 1. The van der Waals surface area contributed by atoms with Crippen molar-refractivity contribution in [3.05, 3.63) is 29.6 Å². The third kappa shape index (κ3) is 5.59. The second kappa shape index (κ2) is 8.46. The summed E-state index contributed by atoms with van der Waals surface area (Å²) in [5, 5.41) is 11.6. The van der Waals surface area contributed by atoms with E-state index in [0.717, 1.165) is 6.54 Å². The average molecular weight is 297 g/mol. The number of hydrogen-bond donors (Lipinski definition) is 2. The van der Waals surface area contributed by atoms with Crippen LogP contribution in [0.2, 0.25) is 0 Å². The minimum Gasteiger partial charge on any atom is -0.494 e. The van der Waals surface area contributed by atoms with Gasteiger partial charge in [0.15, 0.2) is 11.6 Å². The molecule has 0 aliphatic rings. The first kappa shape index (κ1) is 17.2. The highest BCUT2D eigenvalue weighted by Crippen LogP contribution is 2.21. The first-order chi connectivity index (χ1) is 9.97. The summed E-state index contributed by atoms with van der Waals surface area (Å²) < 4.78 is 19.2. The molecule has 0 aliphatic heterocycles. The molecule has 0 radical (unpaired) electrons. The molecule has 5 nitrogen and oxygen atoms in total. The second-order valence-electron chi connectivity index (χ2n) is 5.40. The Labute approximate surface area is 125 Å². The van der Waals surface area contributed by atoms with Gasteiger partial charge < -0.3 is 15.7 Å². The number of nitrogens with zero attached hydrogens (tertiary/aromatic N) is 2. The van der Waals surface area contributed by atoms with E-state index in [1.807, 2.05) is 0 Å². The Kier molecular flexibility index (Phi) is 6.94. The summed E-state index contributed by atoms with van der Waals surface area (Å²) in [7, 11) is 1.45. The van der Waals surface area contributed by atoms with Crippen LogP contribution >= 0.6 is 0 Å². The molecular weight excluding hydrogens is 273 g/mol. The molecule has 21 heavy (non-hydrogen) atoms. The summed E-state index contributed by atoms with van der Waals surface area (Å²) in [6.07, 6.45) is 0.439. The molecule has 0 heterocycles. The number of ether oxygens (including phenoxy) is 1. The lowest BCUT2D eigenvalue weighted by Crippen LogP contribution is -2.31. The maximum Gasteiger partial charge on any atom is 0.169 e. The van der Waals surface area contributed by atoms with Gasteiger partial charge in [-0.25, -0.2) is 4.39 Å². The first-order valence-electron chi connectivity index (χ1n) is 6.98. The molecular formula is C15H24FN3O2. The zero-order valence-corrected chi connectivity index (χ0v) is 12.8. The number of oxime groups is 1. The standard InChI is InChI=1S/C15H24FN3O2/c1-11(2)9-19(8-7-14(17)18-20)10-12-5-4-6-13(21-3)15(12)16/h4-6,11,20H,7-10H2,1-3H3,(H2,17,18). The lowest BCUT2D eigenvalue weighted by molar-refractivity contribution is 0.236. The Morgan fingerprint density at radius 1 is 1.48 bits per heavy atom. The summed E-state index contributed by atoms with van der Waals surface area (Å²) in [6.45, 7) is 6.05. The van der Waals surface area contributed by atoms with Crippen LogP contribution in [-0.4, -0.2) is 36.1 Å². The number of hydrogen-bond acceptors (Lipinski definition) is 4. The fraction of sp³-hybridized carbons (Fsp3) is 0.533. The van der Waals surface area contributed by atoms with E-state index in [0.29, 0.717) is 31.0 Å². The molecule has 3 N–H and O–H groups in total. The molecule has 0 aliphatic carbocycles. The van der Waals surface area contributed by atoms with Gasteiger partial charge in [0.25, 0.3) is 0 Å². The van der Waals surface area contributed by atoms with Gasteiger partial charge >= 0.3 is 0 Å². The van der Waals surface area contributed by atoms with Crippen LogP contribution in [0.5, 0.6) is 5.75 Å². The molecule has 1 aromatic rings. The van der Waals surface area contributed by atoms with Crippen LogP contribution in [-0.2, 0) is 6.54 Å². The lowest BCUT2D eigenvalue weighted by Gasteiger charge is -2.24. The van der Waals surface area contributed by atoms with Crippen molar-refractivity contribution in [2.75, 3.05) is 20.2 Å². The number of methoxy groups -OCH3 is 1. The van der Waals surface area contributed by atoms with Gasteiger partial charge in [-0.2, -0.15) is 0 Å². The van der Waals surface area contributed by atoms with Crippen molar-refractivity contribution in [2.45, 2.75) is 26.8 Å². The van der Waals surface area contributed by atoms with E-state index in [2.05, 4.69) is 23.9 Å². The van der Waals surface area contributed by atoms with E-state index in [4.69, 9.17) is 15.7 Å². The number of amidine groups is 1. The molecule has 118 valence electrons. The normalized spacial score (nSPS) is 12.2. The highest BCUT2D eigenvalue weighted by atomic mass is 19.1. The zero-order valence-electron chi connectivity index (χ0n) is 12.8. The zero-order chi connectivity index (χ0) is 15.8. The van der Waals surface area contributed by atoms with E-state index in [1.165, 1.54) is 7.11 Å². The van der Waals surface area contributed by atoms with Gasteiger partial charge in [0, 0.05) is 31.6 Å². The van der Waals surface area contributed by atoms with Crippen molar-refractivity contribution >= 4 is 5.84 Å². The number of halogens is 1. The maximum absolute atomic E-state index is 14.2. The molecule has 0 bridgehead atoms. The van der Waals surface area contributed by atoms with Crippen LogP contribution in [0.3, 0.4) is 0 Å². The van der Waals surface area contributed by atoms with Gasteiger partial charge in [0.1, 0.15) is 5.84 Å². The summed E-state index contributed by atoms with van der Waals surface area (Å²) in [6, 6.07) is 5.12. The summed E-state index contributed by atoms with van der Waals surface area (Å²) >= 11 is 0. The Morgan fingerprint density at radius 2 is 2.19 bits per heavy atom. The van der Waals surface area contributed by atoms with Crippen molar-refractivity contribution in [1.29, 1.82) is 0 Å². The number of benzene rings is 1. The summed E-state index contributed by atoms with van der Waals surface area (Å²) in [5.74, 6) is 0.520. The van der Waals surface area contributed by atoms with E-state index in [1.54, 1.807) is 18.2 Å². The Morgan fingerprint density at radius 3 is 2.76 bits per heavy atom. The highest BCUT2D eigenvalue weighted by Gasteiger charge is 2.14. The smallest absolute Gasteiger partial charge is 0.169 e. The molecule has 6 heteroatoms. The van der Waals surface area contributed by atoms with Crippen molar-refractivity contribution in [3.63, 3.8) is 0 Å². The van der Waals surface area contributed by atoms with Crippen molar-refractivity contribution in [1.82, 2.24) is 4.90 Å². The summed E-state index contributed by atoms with van der Waals surface area (Å²) in [4.78, 5) is 2.08. The minimum atomic E-state index is -0.336. The van der Waals surface area contributed by atoms with Gasteiger partial charge in [-0.05, 0) is 12.0 Å². The first-order valence-corrected chi connectivity index (χ1v) is 6.98. The lowest BCUT2D eigenvalue weighted by atomic mass is 10.1. The molecule has 0 saturated heterocycles. The van der Waals surface area contributed by atoms with E-state index in [9.17, 15) is 4.39 Å². The SMILES string of the molecule is COc1cccc(CN(CC/C(N)=N/O)CC(C)C)c1F. The van der Waals surface area contributed by atoms with Crippen LogP contribution in [0.4, 0.5) is 4.39 Å². The molecule has 1 aromatic carbocycles. The van der Waals surface area contributed by atoms with E-state index in [-0.39, 0.29) is 17.4 Å². The predicted octanol–water partition coefficient (Wildman–Crippen LogP) is 2.43. The second-order valence-corrected chi connectivity index (χ2v) is 5.40. The Balaban J connectivity index is 2.80. The fourth-order valence-electron chi connectivity index (χ4n) is 2.15. The summed E-state index contributed by atoms with van der Waals surface area (Å²) in [5.41, 5.74) is 6.08. The van der Waals surface area contributed by atoms with E-state index < -0.39 is 0 Å². The molecule has 0 aromatic heterocycles. The van der Waals surface area contributed by atoms with Gasteiger partial charge in [-0.15, -0.1) is 0 Å². The third-order valence-corrected chi connectivity index (χ3v) is 3.09. The molecule has 0 saturated carbocycles. The van der Waals surface area contributed by atoms with Crippen molar-refractivity contribution in [2.24, 2.45) is 16.8 Å². The van der Waals surface area contributed by atoms with Crippen LogP contribution in [0, 0.1) is 11.7 Å². The largest absolute Gasteiger partial charge is 0.494 e. The van der Waals surface area contributed by atoms with Crippen molar-refractivity contribution in [3.8, 4) is 5.75 Å². The Bertz CT molecular complexity index is 478. The topological polar surface area (TPSA) is 71.1 Å². The van der Waals surface area contributed by atoms with Crippen LogP contribution in [0.15, 0.2) is 23.4 Å². The van der Waals surface area contributed by atoms with Gasteiger partial charge in [-0.1, -0.05) is 31.1 Å².